The molecule has 210 valence electrons. The van der Waals surface area contributed by atoms with E-state index in [0.29, 0.717) is 0 Å². The molecule has 0 spiro atoms. The monoisotopic (exact) mass is 563 g/mol. The first-order valence-electron chi connectivity index (χ1n) is 12.2. The molecule has 0 bridgehead atoms. The highest BCUT2D eigenvalue weighted by Crippen LogP contribution is 2.52. The quantitative estimate of drug-likeness (QED) is 0.289. The summed E-state index contributed by atoms with van der Waals surface area (Å²) in [5, 5.41) is 44.1. The number of Topliss-reactive ketones (excluding diaryl/α,β-unsaturated/α-hetero) is 1. The zero-order valence-corrected chi connectivity index (χ0v) is 22.3. The van der Waals surface area contributed by atoms with Gasteiger partial charge in [0.15, 0.2) is 17.9 Å². The van der Waals surface area contributed by atoms with Crippen LogP contribution in [0.15, 0.2) is 18.2 Å². The summed E-state index contributed by atoms with van der Waals surface area (Å²) in [5.74, 6) is -3.18. The molecule has 1 aliphatic heterocycles. The minimum Gasteiger partial charge on any atom is -0.507 e. The van der Waals surface area contributed by atoms with Crippen molar-refractivity contribution in [3.05, 3.63) is 51.6 Å². The first-order chi connectivity index (χ1) is 17.9. The van der Waals surface area contributed by atoms with Crippen molar-refractivity contribution in [2.45, 2.75) is 69.4 Å². The molecule has 6 N–H and O–H groups in total. The molecule has 39 heavy (non-hydrogen) atoms. The van der Waals surface area contributed by atoms with Crippen LogP contribution in [0.3, 0.4) is 0 Å². The van der Waals surface area contributed by atoms with E-state index in [1.54, 1.807) is 6.92 Å². The van der Waals surface area contributed by atoms with Gasteiger partial charge in [0, 0.05) is 42.0 Å². The van der Waals surface area contributed by atoms with E-state index in [2.05, 4.69) is 0 Å². The molecule has 1 heterocycles. The third-order valence-electron chi connectivity index (χ3n) is 7.80. The van der Waals surface area contributed by atoms with Crippen molar-refractivity contribution >= 4 is 29.8 Å². The molecule has 1 fully saturated rings. The molecule has 0 unspecified atom stereocenters. The smallest absolute Gasteiger partial charge is 0.202 e. The second-order valence-corrected chi connectivity index (χ2v) is 10.1. The summed E-state index contributed by atoms with van der Waals surface area (Å²) >= 11 is 0. The Balaban J connectivity index is 0.00000353. The average molecular weight is 564 g/mol. The molecule has 0 amide bonds. The number of aliphatic hydroxyl groups excluding tert-OH is 1. The zero-order chi connectivity index (χ0) is 27.7. The molecule has 0 saturated carbocycles. The van der Waals surface area contributed by atoms with E-state index in [1.807, 2.05) is 0 Å². The maximum atomic E-state index is 13.6. The van der Waals surface area contributed by atoms with Gasteiger partial charge in [0.1, 0.15) is 22.8 Å². The SMILES string of the molecule is COc1cccc2c1C(=O)c1c(O)c3c(c(O)c1C2=O)C[C@@](O)(C(C)=O)C[C@@H]3O[C@@H]1C[C@H](N)[C@@H](O)[C@H](C)O1.Cl. The summed E-state index contributed by atoms with van der Waals surface area (Å²) in [6.07, 6.45) is -4.53. The second-order valence-electron chi connectivity index (χ2n) is 10.1. The van der Waals surface area contributed by atoms with E-state index in [9.17, 15) is 34.8 Å². The Morgan fingerprint density at radius 3 is 2.41 bits per heavy atom. The Bertz CT molecular complexity index is 1370. The zero-order valence-electron chi connectivity index (χ0n) is 21.5. The molecule has 12 heteroatoms. The Morgan fingerprint density at radius 1 is 1.13 bits per heavy atom. The number of fused-ring (bicyclic) bond motifs is 3. The van der Waals surface area contributed by atoms with Crippen molar-refractivity contribution in [3.63, 3.8) is 0 Å². The summed E-state index contributed by atoms with van der Waals surface area (Å²) in [7, 11) is 1.34. The number of carbonyl (C=O) groups excluding carboxylic acids is 3. The van der Waals surface area contributed by atoms with E-state index in [-0.39, 0.29) is 53.3 Å². The topological polar surface area (TPSA) is 186 Å². The molecule has 6 atom stereocenters. The molecule has 1 saturated heterocycles. The number of aliphatic hydroxyl groups is 2. The van der Waals surface area contributed by atoms with Crippen molar-refractivity contribution in [1.29, 1.82) is 0 Å². The van der Waals surface area contributed by atoms with Gasteiger partial charge in [-0.25, -0.2) is 0 Å². The number of phenolic OH excluding ortho intramolecular Hbond substituents is 2. The van der Waals surface area contributed by atoms with Crippen molar-refractivity contribution in [2.24, 2.45) is 5.73 Å². The molecular formula is C27H30ClNO10. The molecule has 11 nitrogen and oxygen atoms in total. The average Bonchev–Trinajstić information content (AvgIpc) is 2.87. The Hall–Kier alpha value is -3.06. The number of ketones is 3. The van der Waals surface area contributed by atoms with Crippen LogP contribution in [0.2, 0.25) is 0 Å². The van der Waals surface area contributed by atoms with Crippen LogP contribution >= 0.6 is 12.4 Å². The van der Waals surface area contributed by atoms with Gasteiger partial charge < -0.3 is 40.4 Å². The van der Waals surface area contributed by atoms with Gasteiger partial charge in [-0.3, -0.25) is 14.4 Å². The normalized spacial score (nSPS) is 29.5. The van der Waals surface area contributed by atoms with Crippen molar-refractivity contribution < 1.29 is 49.0 Å². The number of carbonyl (C=O) groups is 3. The van der Waals surface area contributed by atoms with Crippen LogP contribution in [-0.2, 0) is 20.7 Å². The molecule has 0 radical (unpaired) electrons. The largest absolute Gasteiger partial charge is 0.507 e. The standard InChI is InChI=1S/C27H29NO10.ClH/c1-10-22(30)14(28)7-17(37-10)38-16-9-27(35,11(2)29)8-13-19(16)26(34)21-20(24(13)32)23(31)12-5-4-6-15(36-3)18(12)25(21)33;/h4-6,10,14,16-17,22,30,32,34-35H,7-9,28H2,1-3H3;1H/t10-,14-,16-,17+,22-,27-;/m0./s1. The Morgan fingerprint density at radius 2 is 1.79 bits per heavy atom. The minimum atomic E-state index is -2.00. The third-order valence-corrected chi connectivity index (χ3v) is 7.80. The highest BCUT2D eigenvalue weighted by atomic mass is 35.5. The van der Waals surface area contributed by atoms with Gasteiger partial charge in [-0.1, -0.05) is 12.1 Å². The number of rotatable bonds is 4. The van der Waals surface area contributed by atoms with Crippen LogP contribution in [-0.4, -0.2) is 75.0 Å². The van der Waals surface area contributed by atoms with Crippen LogP contribution in [0.5, 0.6) is 17.2 Å². The number of hydrogen-bond acceptors (Lipinski definition) is 11. The lowest BCUT2D eigenvalue weighted by atomic mass is 9.72. The minimum absolute atomic E-state index is 0. The van der Waals surface area contributed by atoms with E-state index in [1.165, 1.54) is 32.2 Å². The molecule has 2 aromatic rings. The predicted octanol–water partition coefficient (Wildman–Crippen LogP) is 1.45. The fraction of sp³-hybridized carbons (Fsp3) is 0.444. The highest BCUT2D eigenvalue weighted by molar-refractivity contribution is 6.31. The van der Waals surface area contributed by atoms with E-state index >= 15 is 0 Å². The molecule has 0 aromatic heterocycles. The van der Waals surface area contributed by atoms with E-state index in [0.717, 1.165) is 0 Å². The maximum Gasteiger partial charge on any atom is 0.202 e. The summed E-state index contributed by atoms with van der Waals surface area (Å²) in [6.45, 7) is 2.79. The Kier molecular flexibility index (Phi) is 7.54. The number of nitrogens with two attached hydrogens (primary N) is 1. The highest BCUT2D eigenvalue weighted by Gasteiger charge is 2.49. The van der Waals surface area contributed by atoms with Crippen LogP contribution in [0.4, 0.5) is 0 Å². The number of methoxy groups -OCH3 is 1. The van der Waals surface area contributed by atoms with Crippen molar-refractivity contribution in [2.75, 3.05) is 7.11 Å². The summed E-state index contributed by atoms with van der Waals surface area (Å²) < 4.78 is 17.1. The van der Waals surface area contributed by atoms with Gasteiger partial charge in [0.25, 0.3) is 0 Å². The van der Waals surface area contributed by atoms with Gasteiger partial charge in [-0.05, 0) is 19.9 Å². The fourth-order valence-corrected chi connectivity index (χ4v) is 5.66. The number of aromatic hydroxyl groups is 2. The van der Waals surface area contributed by atoms with Gasteiger partial charge in [-0.2, -0.15) is 0 Å². The third kappa shape index (κ3) is 4.39. The first-order valence-corrected chi connectivity index (χ1v) is 12.2. The van der Waals surface area contributed by atoms with Gasteiger partial charge in [0.2, 0.25) is 5.78 Å². The number of ether oxygens (including phenoxy) is 3. The molecular weight excluding hydrogens is 534 g/mol. The van der Waals surface area contributed by atoms with E-state index in [4.69, 9.17) is 19.9 Å². The lowest BCUT2D eigenvalue weighted by Crippen LogP contribution is -2.52. The number of phenols is 2. The molecule has 2 aliphatic carbocycles. The molecule has 2 aromatic carbocycles. The number of halogens is 1. The van der Waals surface area contributed by atoms with E-state index < -0.39 is 82.6 Å². The van der Waals surface area contributed by atoms with Crippen LogP contribution in [0.25, 0.3) is 0 Å². The van der Waals surface area contributed by atoms with Gasteiger partial charge in [0.05, 0.1) is 42.1 Å². The summed E-state index contributed by atoms with van der Waals surface area (Å²) in [6, 6.07) is 3.75. The summed E-state index contributed by atoms with van der Waals surface area (Å²) in [4.78, 5) is 39.6. The second kappa shape index (κ2) is 10.2. The van der Waals surface area contributed by atoms with Crippen molar-refractivity contribution in [1.82, 2.24) is 0 Å². The lowest BCUT2D eigenvalue weighted by molar-refractivity contribution is -0.247. The predicted molar refractivity (Wildman–Crippen MR) is 138 cm³/mol. The number of benzene rings is 2. The summed E-state index contributed by atoms with van der Waals surface area (Å²) in [5.41, 5.74) is 2.97. The van der Waals surface area contributed by atoms with Gasteiger partial charge >= 0.3 is 0 Å². The fourth-order valence-electron chi connectivity index (χ4n) is 5.66. The maximum absolute atomic E-state index is 13.6. The van der Waals surface area contributed by atoms with Gasteiger partial charge in [-0.15, -0.1) is 12.4 Å². The van der Waals surface area contributed by atoms with Crippen LogP contribution < -0.4 is 10.5 Å². The number of hydrogen-bond donors (Lipinski definition) is 5. The Labute approximate surface area is 229 Å². The molecule has 5 rings (SSSR count). The first kappa shape index (κ1) is 28.9. The van der Waals surface area contributed by atoms with Crippen LogP contribution in [0.1, 0.15) is 75.8 Å². The lowest BCUT2D eigenvalue weighted by Gasteiger charge is -2.42. The van der Waals surface area contributed by atoms with Crippen molar-refractivity contribution in [3.8, 4) is 17.2 Å². The molecule has 3 aliphatic rings. The van der Waals surface area contributed by atoms with Crippen LogP contribution in [0, 0.1) is 0 Å².